The summed E-state index contributed by atoms with van der Waals surface area (Å²) in [6.07, 6.45) is 7.24. The Hall–Kier alpha value is -0.830. The molecule has 0 aromatic carbocycles. The van der Waals surface area contributed by atoms with Gasteiger partial charge in [0.05, 0.1) is 12.0 Å². The van der Waals surface area contributed by atoms with Gasteiger partial charge in [-0.1, -0.05) is 0 Å². The molecule has 14 heavy (non-hydrogen) atoms. The van der Waals surface area contributed by atoms with E-state index in [0.29, 0.717) is 5.92 Å². The zero-order chi connectivity index (χ0) is 9.54. The first-order valence-corrected chi connectivity index (χ1v) is 5.60. The Morgan fingerprint density at radius 2 is 2.36 bits per heavy atom. The highest BCUT2D eigenvalue weighted by molar-refractivity contribution is 5.26. The van der Waals surface area contributed by atoms with Crippen LogP contribution in [0.25, 0.3) is 0 Å². The van der Waals surface area contributed by atoms with Crippen molar-refractivity contribution in [3.8, 4) is 0 Å². The van der Waals surface area contributed by atoms with Crippen LogP contribution in [0.4, 0.5) is 0 Å². The van der Waals surface area contributed by atoms with Crippen molar-refractivity contribution < 1.29 is 0 Å². The lowest BCUT2D eigenvalue weighted by Gasteiger charge is -2.13. The Labute approximate surface area is 84.5 Å². The molecule has 3 nitrogen and oxygen atoms in total. The van der Waals surface area contributed by atoms with Gasteiger partial charge in [0.25, 0.3) is 0 Å². The number of imidazole rings is 1. The molecule has 1 N–H and O–H groups in total. The van der Waals surface area contributed by atoms with E-state index in [-0.39, 0.29) is 0 Å². The Balaban J connectivity index is 1.93. The number of aromatic nitrogens is 2. The molecule has 1 fully saturated rings. The lowest BCUT2D eigenvalue weighted by Crippen LogP contribution is -2.17. The molecule has 1 aromatic heterocycles. The number of hydrogen-bond donors (Lipinski definition) is 1. The Kier molecular flexibility index (Phi) is 1.87. The van der Waals surface area contributed by atoms with E-state index >= 15 is 0 Å². The van der Waals surface area contributed by atoms with Crippen molar-refractivity contribution in [2.45, 2.75) is 37.6 Å². The molecule has 0 saturated heterocycles. The maximum Gasteiger partial charge on any atom is 0.0954 e. The smallest absolute Gasteiger partial charge is 0.0954 e. The molecule has 1 saturated carbocycles. The van der Waals surface area contributed by atoms with Gasteiger partial charge in [0.1, 0.15) is 0 Å². The number of rotatable bonds is 3. The van der Waals surface area contributed by atoms with E-state index in [1.807, 2.05) is 7.05 Å². The number of hydrogen-bond acceptors (Lipinski definition) is 2. The summed E-state index contributed by atoms with van der Waals surface area (Å²) in [5, 5.41) is 3.29. The van der Waals surface area contributed by atoms with E-state index in [4.69, 9.17) is 0 Å². The summed E-state index contributed by atoms with van der Waals surface area (Å²) in [5.41, 5.74) is 2.89. The minimum Gasteiger partial charge on any atom is -0.331 e. The molecule has 1 aromatic rings. The Morgan fingerprint density at radius 1 is 1.50 bits per heavy atom. The van der Waals surface area contributed by atoms with Crippen molar-refractivity contribution in [3.63, 3.8) is 0 Å². The zero-order valence-electron chi connectivity index (χ0n) is 8.66. The summed E-state index contributed by atoms with van der Waals surface area (Å²) >= 11 is 0. The van der Waals surface area contributed by atoms with Crippen molar-refractivity contribution in [3.05, 3.63) is 17.7 Å². The summed E-state index contributed by atoms with van der Waals surface area (Å²) in [4.78, 5) is 4.53. The van der Waals surface area contributed by atoms with Gasteiger partial charge in [0, 0.05) is 24.2 Å². The first-order valence-electron chi connectivity index (χ1n) is 5.60. The highest BCUT2D eigenvalue weighted by Crippen LogP contribution is 2.41. The van der Waals surface area contributed by atoms with Crippen LogP contribution in [-0.4, -0.2) is 23.1 Å². The number of fused-ring (bicyclic) bond motifs is 1. The Morgan fingerprint density at radius 3 is 3.07 bits per heavy atom. The van der Waals surface area contributed by atoms with Gasteiger partial charge in [-0.05, 0) is 32.7 Å². The van der Waals surface area contributed by atoms with Gasteiger partial charge >= 0.3 is 0 Å². The van der Waals surface area contributed by atoms with Gasteiger partial charge in [-0.3, -0.25) is 0 Å². The van der Waals surface area contributed by atoms with Crippen LogP contribution in [-0.2, 0) is 6.42 Å². The Bertz CT molecular complexity index is 338. The highest BCUT2D eigenvalue weighted by Gasteiger charge is 2.33. The van der Waals surface area contributed by atoms with Crippen molar-refractivity contribution in [1.29, 1.82) is 0 Å². The topological polar surface area (TPSA) is 29.9 Å². The number of aryl methyl sites for hydroxylation is 1. The van der Waals surface area contributed by atoms with E-state index in [1.165, 1.54) is 37.1 Å². The lowest BCUT2D eigenvalue weighted by atomic mass is 10.1. The third-order valence-corrected chi connectivity index (χ3v) is 3.42. The number of likely N-dealkylation sites (N-methyl/N-ethyl adjacent to an activating group) is 1. The summed E-state index contributed by atoms with van der Waals surface area (Å²) < 4.78 is 2.43. The van der Waals surface area contributed by atoms with E-state index in [9.17, 15) is 0 Å². The first kappa shape index (κ1) is 8.48. The predicted octanol–water partition coefficient (Wildman–Crippen LogP) is 1.47. The normalized spacial score (nSPS) is 25.4. The highest BCUT2D eigenvalue weighted by atomic mass is 15.1. The van der Waals surface area contributed by atoms with Crippen LogP contribution in [0.2, 0.25) is 0 Å². The maximum atomic E-state index is 4.53. The molecule has 2 aliphatic carbocycles. The van der Waals surface area contributed by atoms with Crippen molar-refractivity contribution >= 4 is 0 Å². The van der Waals surface area contributed by atoms with Gasteiger partial charge in [-0.15, -0.1) is 0 Å². The third-order valence-electron chi connectivity index (χ3n) is 3.42. The molecular weight excluding hydrogens is 174 g/mol. The van der Waals surface area contributed by atoms with Crippen LogP contribution in [0.1, 0.15) is 42.6 Å². The van der Waals surface area contributed by atoms with Crippen LogP contribution in [0.15, 0.2) is 6.33 Å². The summed E-state index contributed by atoms with van der Waals surface area (Å²) in [5.74, 6) is 0.707. The van der Waals surface area contributed by atoms with Crippen LogP contribution in [0.3, 0.4) is 0 Å². The van der Waals surface area contributed by atoms with E-state index in [1.54, 1.807) is 0 Å². The second-order valence-electron chi connectivity index (χ2n) is 4.51. The zero-order valence-corrected chi connectivity index (χ0v) is 8.66. The van der Waals surface area contributed by atoms with Crippen molar-refractivity contribution in [1.82, 2.24) is 14.9 Å². The van der Waals surface area contributed by atoms with Crippen LogP contribution in [0.5, 0.6) is 0 Å². The summed E-state index contributed by atoms with van der Waals surface area (Å²) in [6, 6.07) is 0.781. The molecule has 0 amide bonds. The summed E-state index contributed by atoms with van der Waals surface area (Å²) in [6.45, 7) is 1.10. The fraction of sp³-hybridized carbons (Fsp3) is 0.727. The van der Waals surface area contributed by atoms with Gasteiger partial charge in [0.2, 0.25) is 0 Å². The first-order chi connectivity index (χ1) is 6.90. The van der Waals surface area contributed by atoms with Gasteiger partial charge in [-0.2, -0.15) is 0 Å². The molecular formula is C11H17N3. The summed E-state index contributed by atoms with van der Waals surface area (Å²) in [7, 11) is 2.04. The fourth-order valence-electron chi connectivity index (χ4n) is 2.58. The minimum absolute atomic E-state index is 0.707. The SMILES string of the molecule is CNCC1CCc2ncn(C3CC3)c21. The van der Waals surface area contributed by atoms with E-state index < -0.39 is 0 Å². The molecule has 1 heterocycles. The van der Waals surface area contributed by atoms with Crippen LogP contribution in [0, 0.1) is 0 Å². The average Bonchev–Trinajstić information content (AvgIpc) is 2.81. The van der Waals surface area contributed by atoms with Gasteiger partial charge < -0.3 is 9.88 Å². The molecule has 3 rings (SSSR count). The molecule has 0 bridgehead atoms. The van der Waals surface area contributed by atoms with Crippen molar-refractivity contribution in [2.75, 3.05) is 13.6 Å². The second kappa shape index (κ2) is 3.09. The van der Waals surface area contributed by atoms with Crippen LogP contribution >= 0.6 is 0 Å². The van der Waals surface area contributed by atoms with E-state index in [2.05, 4.69) is 21.2 Å². The number of nitrogens with zero attached hydrogens (tertiary/aromatic N) is 2. The largest absolute Gasteiger partial charge is 0.331 e. The third kappa shape index (κ3) is 1.19. The minimum atomic E-state index is 0.707. The molecule has 0 radical (unpaired) electrons. The van der Waals surface area contributed by atoms with Crippen LogP contribution < -0.4 is 5.32 Å². The molecule has 1 atom stereocenters. The number of nitrogens with one attached hydrogen (secondary N) is 1. The maximum absolute atomic E-state index is 4.53. The van der Waals surface area contributed by atoms with Gasteiger partial charge in [-0.25, -0.2) is 4.98 Å². The average molecular weight is 191 g/mol. The molecule has 76 valence electrons. The molecule has 2 aliphatic rings. The molecule has 0 spiro atoms. The fourth-order valence-corrected chi connectivity index (χ4v) is 2.58. The molecule has 3 heteroatoms. The molecule has 1 unspecified atom stereocenters. The van der Waals surface area contributed by atoms with Crippen molar-refractivity contribution in [2.24, 2.45) is 0 Å². The van der Waals surface area contributed by atoms with E-state index in [0.717, 1.165) is 12.6 Å². The second-order valence-corrected chi connectivity index (χ2v) is 4.51. The molecule has 0 aliphatic heterocycles. The quantitative estimate of drug-likeness (QED) is 0.784. The predicted molar refractivity (Wildman–Crippen MR) is 55.5 cm³/mol. The monoisotopic (exact) mass is 191 g/mol. The van der Waals surface area contributed by atoms with Gasteiger partial charge in [0.15, 0.2) is 0 Å². The standard InChI is InChI=1S/C11H17N3/c1-12-6-8-2-5-10-11(8)14(7-13-10)9-3-4-9/h7-9,12H,2-6H2,1H3. The lowest BCUT2D eigenvalue weighted by molar-refractivity contribution is 0.569.